The fourth-order valence-electron chi connectivity index (χ4n) is 4.12. The van der Waals surface area contributed by atoms with E-state index in [2.05, 4.69) is 20.6 Å². The maximum atomic E-state index is 13.2. The number of amides is 10. The Morgan fingerprint density at radius 1 is 0.702 bits per heavy atom. The Bertz CT molecular complexity index is 1960. The molecule has 47 heavy (non-hydrogen) atoms. The topological polar surface area (TPSA) is 313 Å². The quantitative estimate of drug-likeness (QED) is 0.135. The first-order valence-electron chi connectivity index (χ1n) is 12.0. The average Bonchev–Trinajstić information content (AvgIpc) is 3.52. The number of carbonyl (C=O) groups is 8. The molecule has 0 aromatic heterocycles. The van der Waals surface area contributed by atoms with Crippen LogP contribution in [0.4, 0.5) is 24.9 Å². The van der Waals surface area contributed by atoms with Crippen molar-refractivity contribution in [3.8, 4) is 0 Å². The van der Waals surface area contributed by atoms with Crippen molar-refractivity contribution < 1.29 is 61.5 Å². The van der Waals surface area contributed by atoms with Crippen LogP contribution in [0, 0.1) is 0 Å². The van der Waals surface area contributed by atoms with Crippen LogP contribution in [0.1, 0.15) is 13.8 Å². The number of aliphatic imine (C=N–C) groups is 2. The van der Waals surface area contributed by atoms with Crippen LogP contribution in [-0.4, -0.2) is 92.5 Å². The van der Waals surface area contributed by atoms with Gasteiger partial charge in [-0.25, -0.2) is 19.2 Å². The van der Waals surface area contributed by atoms with Gasteiger partial charge in [-0.15, -0.1) is 0 Å². The van der Waals surface area contributed by atoms with E-state index < -0.39 is 85.7 Å². The van der Waals surface area contributed by atoms with Gasteiger partial charge in [0.1, 0.15) is 16.0 Å². The molecular weight excluding hydrogens is 731 g/mol. The highest BCUT2D eigenvalue weighted by Crippen LogP contribution is 2.65. The number of rotatable bonds is 1. The van der Waals surface area contributed by atoms with Gasteiger partial charge in [0, 0.05) is 13.8 Å². The van der Waals surface area contributed by atoms with E-state index in [1.807, 2.05) is 0 Å². The minimum atomic E-state index is -5.19. The van der Waals surface area contributed by atoms with E-state index in [0.29, 0.717) is 47.0 Å². The van der Waals surface area contributed by atoms with Crippen molar-refractivity contribution in [1.82, 2.24) is 20.4 Å². The van der Waals surface area contributed by atoms with E-state index in [0.717, 1.165) is 13.8 Å². The summed E-state index contributed by atoms with van der Waals surface area (Å²) in [5, 5.41) is 23.1. The molecule has 0 bridgehead atoms. The molecule has 0 aliphatic carbocycles. The number of fused-ring (bicyclic) bond motifs is 2. The minimum Gasteiger partial charge on any atom is -0.464 e. The van der Waals surface area contributed by atoms with Crippen molar-refractivity contribution in [2.24, 2.45) is 9.98 Å². The van der Waals surface area contributed by atoms with Crippen molar-refractivity contribution in [2.45, 2.75) is 38.3 Å². The lowest BCUT2D eigenvalue weighted by Crippen LogP contribution is -2.49. The summed E-state index contributed by atoms with van der Waals surface area (Å²) < 4.78 is 35.6. The van der Waals surface area contributed by atoms with Crippen molar-refractivity contribution in [3.63, 3.8) is 0 Å². The van der Waals surface area contributed by atoms with Gasteiger partial charge in [-0.05, 0) is 0 Å². The van der Waals surface area contributed by atoms with Gasteiger partial charge in [0.25, 0.3) is 21.9 Å². The van der Waals surface area contributed by atoms with Crippen molar-refractivity contribution >= 4 is 122 Å². The molecule has 25 heteroatoms. The number of nitrogens with one attached hydrogen (secondary N) is 2. The summed E-state index contributed by atoms with van der Waals surface area (Å²) in [6.45, 7) is 2.02. The second-order valence-electron chi connectivity index (χ2n) is 8.96. The molecular formula is C22H13N7O13S5. The number of carboxylic acid groups (broad SMARTS) is 2. The maximum Gasteiger partial charge on any atom is 0.422 e. The molecule has 244 valence electrons. The monoisotopic (exact) mass is 743 g/mol. The third kappa shape index (κ3) is 5.76. The van der Waals surface area contributed by atoms with Gasteiger partial charge in [0.05, 0.1) is 33.7 Å². The Morgan fingerprint density at radius 3 is 1.34 bits per heavy atom. The molecule has 0 atom stereocenters. The highest BCUT2D eigenvalue weighted by molar-refractivity contribution is 8.26. The first kappa shape index (κ1) is 33.7. The number of hydrogen-bond acceptors (Lipinski definition) is 15. The molecule has 5 rings (SSSR count). The van der Waals surface area contributed by atoms with E-state index in [1.165, 1.54) is 0 Å². The number of anilines is 1. The summed E-state index contributed by atoms with van der Waals surface area (Å²) in [4.78, 5) is 103. The summed E-state index contributed by atoms with van der Waals surface area (Å²) in [6.07, 6.45) is -4.00. The highest BCUT2D eigenvalue weighted by Gasteiger charge is 2.46. The molecule has 7 N–H and O–H groups in total. The molecule has 0 saturated heterocycles. The van der Waals surface area contributed by atoms with E-state index in [4.69, 9.17) is 5.73 Å². The van der Waals surface area contributed by atoms with Crippen molar-refractivity contribution in [1.29, 1.82) is 0 Å². The molecule has 4 aliphatic rings. The number of imide groups is 6. The number of nitrogens with zero attached hydrogens (tertiary/aromatic N) is 4. The molecule has 1 aromatic rings. The summed E-state index contributed by atoms with van der Waals surface area (Å²) in [5.74, 6) is -5.74. The summed E-state index contributed by atoms with van der Waals surface area (Å²) >= 11 is 2.21. The van der Waals surface area contributed by atoms with Crippen LogP contribution >= 0.6 is 47.0 Å². The number of hydrogen-bond donors (Lipinski definition) is 6. The van der Waals surface area contributed by atoms with Gasteiger partial charge in [-0.1, -0.05) is 47.0 Å². The summed E-state index contributed by atoms with van der Waals surface area (Å²) in [5.41, 5.74) is 4.99. The molecule has 0 fully saturated rings. The second kappa shape index (κ2) is 11.8. The zero-order chi connectivity index (χ0) is 34.9. The van der Waals surface area contributed by atoms with E-state index in [9.17, 15) is 61.5 Å². The van der Waals surface area contributed by atoms with Crippen LogP contribution in [0.15, 0.2) is 54.1 Å². The number of carbonyl (C=O) groups excluding carboxylic acids is 6. The van der Waals surface area contributed by atoms with Crippen LogP contribution in [0.3, 0.4) is 0 Å². The zero-order valence-corrected chi connectivity index (χ0v) is 26.9. The number of nitrogen functional groups attached to an aromatic ring is 1. The molecule has 0 radical (unpaired) electrons. The number of thioether (sulfide) groups is 4. The average molecular weight is 744 g/mol. The standard InChI is InChI=1S/C22H13N7O13S5/c1-3(30)24-13-5(15(32)28(21(36)37)19(34)26-13)17-43-8-7(23)9-11(12(10(8)45-17)47(40,41)42)46-18(44-9)6-14(25-4(2)31)27-20(35)29(16(6)33)22(38)39/h23H2,1-2H3,(H,36,37)(H,38,39)(H,40,41,42)(H,24,26,30,34)(H,25,27,31,35)/b17-5-,18-6+. The maximum absolute atomic E-state index is 13.2. The normalized spacial score (nSPS) is 20.9. The molecule has 10 amide bonds. The number of nitrogens with two attached hydrogens (primary N) is 1. The Morgan fingerprint density at radius 2 is 1.04 bits per heavy atom. The molecule has 0 unspecified atom stereocenters. The summed E-state index contributed by atoms with van der Waals surface area (Å²) in [6, 6.07) is -3.07. The Kier molecular flexibility index (Phi) is 8.48. The molecule has 4 heterocycles. The van der Waals surface area contributed by atoms with Crippen LogP contribution in [-0.2, 0) is 29.3 Å². The molecule has 4 aliphatic heterocycles. The summed E-state index contributed by atoms with van der Waals surface area (Å²) in [7, 11) is -5.19. The Labute approximate surface area is 277 Å². The SMILES string of the molecule is CC(=O)NC1=NC(=O)N(C(=O)O)C(=O)/C1=C1/Sc2c(N)c3c(c(S(=O)(=O)O)c2S1)S/C(=C1/C(=O)N(C(=O)O)C(=O)N=C1NC(C)=O)S3. The fourth-order valence-corrected chi connectivity index (χ4v) is 11.3. The first-order chi connectivity index (χ1) is 21.8. The molecule has 0 saturated carbocycles. The van der Waals surface area contributed by atoms with Gasteiger partial charge < -0.3 is 26.6 Å². The van der Waals surface area contributed by atoms with Gasteiger partial charge >= 0.3 is 24.2 Å². The fraction of sp³-hybridized carbons (Fsp3) is 0.0909. The molecule has 1 aromatic carbocycles. The van der Waals surface area contributed by atoms with Crippen LogP contribution in [0.25, 0.3) is 0 Å². The van der Waals surface area contributed by atoms with Gasteiger partial charge in [-0.2, -0.15) is 28.2 Å². The van der Waals surface area contributed by atoms with E-state index in [-0.39, 0.29) is 43.5 Å². The second-order valence-corrected chi connectivity index (χ2v) is 14.9. The highest BCUT2D eigenvalue weighted by atomic mass is 32.2. The molecule has 0 spiro atoms. The number of benzene rings is 1. The molecule has 20 nitrogen and oxygen atoms in total. The predicted octanol–water partition coefficient (Wildman–Crippen LogP) is 1.68. The number of urea groups is 2. The van der Waals surface area contributed by atoms with Gasteiger partial charge in [-0.3, -0.25) is 23.7 Å². The lowest BCUT2D eigenvalue weighted by molar-refractivity contribution is -0.123. The third-order valence-electron chi connectivity index (χ3n) is 5.84. The zero-order valence-electron chi connectivity index (χ0n) is 22.8. The first-order valence-corrected chi connectivity index (χ1v) is 16.7. The van der Waals surface area contributed by atoms with E-state index >= 15 is 0 Å². The van der Waals surface area contributed by atoms with Crippen LogP contribution < -0.4 is 16.4 Å². The smallest absolute Gasteiger partial charge is 0.422 e. The minimum absolute atomic E-state index is 0.0926. The largest absolute Gasteiger partial charge is 0.464 e. The van der Waals surface area contributed by atoms with E-state index in [1.54, 1.807) is 0 Å². The third-order valence-corrected chi connectivity index (χ3v) is 12.3. The van der Waals surface area contributed by atoms with Crippen molar-refractivity contribution in [3.05, 3.63) is 19.6 Å². The van der Waals surface area contributed by atoms with Crippen LogP contribution in [0.5, 0.6) is 0 Å². The van der Waals surface area contributed by atoms with Crippen molar-refractivity contribution in [2.75, 3.05) is 5.73 Å². The Balaban J connectivity index is 1.71. The van der Waals surface area contributed by atoms with Crippen LogP contribution in [0.2, 0.25) is 0 Å². The Hall–Kier alpha value is -4.69. The number of amidine groups is 2. The lowest BCUT2D eigenvalue weighted by Gasteiger charge is -2.22. The van der Waals surface area contributed by atoms with Gasteiger partial charge in [0.2, 0.25) is 11.8 Å². The predicted molar refractivity (Wildman–Crippen MR) is 161 cm³/mol. The van der Waals surface area contributed by atoms with Gasteiger partial charge in [0.15, 0.2) is 11.7 Å². The lowest BCUT2D eigenvalue weighted by atomic mass is 10.2.